The van der Waals surface area contributed by atoms with Gasteiger partial charge in [0.1, 0.15) is 0 Å². The van der Waals surface area contributed by atoms with E-state index in [9.17, 15) is 0 Å². The summed E-state index contributed by atoms with van der Waals surface area (Å²) < 4.78 is 2.11. The van der Waals surface area contributed by atoms with Crippen molar-refractivity contribution in [3.63, 3.8) is 0 Å². The van der Waals surface area contributed by atoms with Gasteiger partial charge in [-0.3, -0.25) is 0 Å². The van der Waals surface area contributed by atoms with Gasteiger partial charge in [0.25, 0.3) is 0 Å². The van der Waals surface area contributed by atoms with Crippen molar-refractivity contribution in [2.45, 2.75) is 38.8 Å². The number of nitrogens with two attached hydrogens (primary N) is 1. The van der Waals surface area contributed by atoms with Gasteiger partial charge in [-0.15, -0.1) is 0 Å². The Balaban J connectivity index is 2.84. The van der Waals surface area contributed by atoms with Crippen LogP contribution < -0.4 is 5.73 Å². The molecule has 1 aromatic rings. The summed E-state index contributed by atoms with van der Waals surface area (Å²) in [6.45, 7) is 6.39. The molecule has 0 aliphatic heterocycles. The topological polar surface area (TPSA) is 54.7 Å². The fourth-order valence-electron chi connectivity index (χ4n) is 1.27. The minimum atomic E-state index is -0.163. The maximum atomic E-state index is 8.53. The Labute approximate surface area is 85.1 Å². The molecule has 3 heteroatoms. The number of nitrogens with zero attached hydrogens (tertiary/aromatic N) is 2. The highest BCUT2D eigenvalue weighted by Gasteiger charge is 2.14. The van der Waals surface area contributed by atoms with Crippen LogP contribution in [-0.2, 0) is 5.54 Å². The molecule has 0 aromatic carbocycles. The lowest BCUT2D eigenvalue weighted by atomic mass is 10.1. The molecule has 1 atom stereocenters. The molecule has 0 spiro atoms. The molecule has 0 radical (unpaired) electrons. The summed E-state index contributed by atoms with van der Waals surface area (Å²) in [5.41, 5.74) is 6.93. The summed E-state index contributed by atoms with van der Waals surface area (Å²) in [5, 5.41) is 8.53. The van der Waals surface area contributed by atoms with Gasteiger partial charge in [-0.25, -0.2) is 0 Å². The molecule has 1 rings (SSSR count). The summed E-state index contributed by atoms with van der Waals surface area (Å²) in [5.74, 6) is 0. The Bertz CT molecular complexity index is 338. The average Bonchev–Trinajstić information content (AvgIpc) is 2.51. The van der Waals surface area contributed by atoms with E-state index in [4.69, 9.17) is 11.0 Å². The first kappa shape index (κ1) is 10.8. The average molecular weight is 191 g/mol. The number of nitriles is 1. The second-order valence-corrected chi connectivity index (χ2v) is 4.49. The smallest absolute Gasteiger partial charge is 0.0641 e. The van der Waals surface area contributed by atoms with Crippen molar-refractivity contribution in [2.24, 2.45) is 5.73 Å². The highest BCUT2D eigenvalue weighted by Crippen LogP contribution is 2.19. The summed E-state index contributed by atoms with van der Waals surface area (Å²) in [6, 6.07) is 3.90. The Morgan fingerprint density at radius 2 is 2.21 bits per heavy atom. The molecular formula is C11H17N3. The third kappa shape index (κ3) is 2.36. The second kappa shape index (κ2) is 3.85. The van der Waals surface area contributed by atoms with Gasteiger partial charge in [0.15, 0.2) is 0 Å². The molecule has 0 unspecified atom stereocenters. The van der Waals surface area contributed by atoms with Gasteiger partial charge in [0, 0.05) is 24.0 Å². The molecule has 0 saturated carbocycles. The van der Waals surface area contributed by atoms with Crippen LogP contribution in [0.2, 0.25) is 0 Å². The minimum Gasteiger partial charge on any atom is -0.349 e. The van der Waals surface area contributed by atoms with Crippen LogP contribution in [0, 0.1) is 11.3 Å². The quantitative estimate of drug-likeness (QED) is 0.778. The number of aromatic nitrogens is 1. The summed E-state index contributed by atoms with van der Waals surface area (Å²) >= 11 is 0. The van der Waals surface area contributed by atoms with E-state index in [0.29, 0.717) is 6.42 Å². The maximum absolute atomic E-state index is 8.53. The number of rotatable bonds is 2. The SMILES string of the molecule is CC(C)(C)n1ccc([C@H](N)CC#N)c1. The molecule has 3 nitrogen and oxygen atoms in total. The Morgan fingerprint density at radius 1 is 1.57 bits per heavy atom. The van der Waals surface area contributed by atoms with E-state index in [2.05, 4.69) is 31.4 Å². The van der Waals surface area contributed by atoms with Gasteiger partial charge in [-0.05, 0) is 32.4 Å². The van der Waals surface area contributed by atoms with E-state index in [1.807, 2.05) is 18.5 Å². The van der Waals surface area contributed by atoms with Crippen LogP contribution in [0.5, 0.6) is 0 Å². The van der Waals surface area contributed by atoms with E-state index in [1.165, 1.54) is 0 Å². The van der Waals surface area contributed by atoms with Crippen LogP contribution >= 0.6 is 0 Å². The Hall–Kier alpha value is -1.27. The first-order chi connectivity index (χ1) is 6.45. The molecular weight excluding hydrogens is 174 g/mol. The zero-order valence-corrected chi connectivity index (χ0v) is 8.99. The van der Waals surface area contributed by atoms with Crippen molar-refractivity contribution in [3.05, 3.63) is 24.0 Å². The first-order valence-electron chi connectivity index (χ1n) is 4.76. The fourth-order valence-corrected chi connectivity index (χ4v) is 1.27. The molecule has 2 N–H and O–H groups in total. The van der Waals surface area contributed by atoms with Gasteiger partial charge in [0.2, 0.25) is 0 Å². The van der Waals surface area contributed by atoms with Gasteiger partial charge in [-0.2, -0.15) is 5.26 Å². The number of hydrogen-bond donors (Lipinski definition) is 1. The van der Waals surface area contributed by atoms with Crippen molar-refractivity contribution in [3.8, 4) is 6.07 Å². The highest BCUT2D eigenvalue weighted by atomic mass is 15.0. The van der Waals surface area contributed by atoms with Crippen molar-refractivity contribution >= 4 is 0 Å². The molecule has 0 aliphatic rings. The monoisotopic (exact) mass is 191 g/mol. The van der Waals surface area contributed by atoms with Crippen LogP contribution in [0.1, 0.15) is 38.8 Å². The van der Waals surface area contributed by atoms with Crippen LogP contribution in [0.3, 0.4) is 0 Å². The molecule has 1 heterocycles. The standard InChI is InChI=1S/C11H17N3/c1-11(2,3)14-7-5-9(8-14)10(13)4-6-12/h5,7-8,10H,4,13H2,1-3H3/t10-/m1/s1. The van der Waals surface area contributed by atoms with Gasteiger partial charge in [-0.1, -0.05) is 0 Å². The summed E-state index contributed by atoms with van der Waals surface area (Å²) in [7, 11) is 0. The lowest BCUT2D eigenvalue weighted by Crippen LogP contribution is -2.20. The van der Waals surface area contributed by atoms with Crippen LogP contribution in [0.25, 0.3) is 0 Å². The van der Waals surface area contributed by atoms with Crippen LogP contribution in [-0.4, -0.2) is 4.57 Å². The summed E-state index contributed by atoms with van der Waals surface area (Å²) in [6.07, 6.45) is 4.39. The Kier molecular flexibility index (Phi) is 2.97. The molecule has 0 aliphatic carbocycles. The molecule has 0 saturated heterocycles. The highest BCUT2D eigenvalue weighted by molar-refractivity contribution is 5.17. The zero-order chi connectivity index (χ0) is 10.8. The Morgan fingerprint density at radius 3 is 2.64 bits per heavy atom. The van der Waals surface area contributed by atoms with E-state index < -0.39 is 0 Å². The molecule has 0 bridgehead atoms. The van der Waals surface area contributed by atoms with Crippen molar-refractivity contribution in [1.29, 1.82) is 5.26 Å². The lowest BCUT2D eigenvalue weighted by molar-refractivity contribution is 0.397. The van der Waals surface area contributed by atoms with Gasteiger partial charge >= 0.3 is 0 Å². The summed E-state index contributed by atoms with van der Waals surface area (Å²) in [4.78, 5) is 0. The van der Waals surface area contributed by atoms with E-state index in [1.54, 1.807) is 0 Å². The third-order valence-electron chi connectivity index (χ3n) is 2.23. The van der Waals surface area contributed by atoms with Crippen LogP contribution in [0.4, 0.5) is 0 Å². The van der Waals surface area contributed by atoms with E-state index in [0.717, 1.165) is 5.56 Å². The predicted octanol–water partition coefficient (Wildman–Crippen LogP) is 2.16. The van der Waals surface area contributed by atoms with E-state index >= 15 is 0 Å². The fraction of sp³-hybridized carbons (Fsp3) is 0.545. The largest absolute Gasteiger partial charge is 0.349 e. The zero-order valence-electron chi connectivity index (χ0n) is 8.99. The molecule has 0 amide bonds. The van der Waals surface area contributed by atoms with Crippen molar-refractivity contribution in [2.75, 3.05) is 0 Å². The molecule has 76 valence electrons. The van der Waals surface area contributed by atoms with Crippen LogP contribution in [0.15, 0.2) is 18.5 Å². The molecule has 1 aromatic heterocycles. The molecule has 14 heavy (non-hydrogen) atoms. The lowest BCUT2D eigenvalue weighted by Gasteiger charge is -2.21. The predicted molar refractivity (Wildman–Crippen MR) is 56.6 cm³/mol. The van der Waals surface area contributed by atoms with Gasteiger partial charge in [0.05, 0.1) is 12.5 Å². The third-order valence-corrected chi connectivity index (χ3v) is 2.23. The minimum absolute atomic E-state index is 0.0740. The van der Waals surface area contributed by atoms with E-state index in [-0.39, 0.29) is 11.6 Å². The normalized spacial score (nSPS) is 13.6. The first-order valence-corrected chi connectivity index (χ1v) is 4.76. The van der Waals surface area contributed by atoms with Crippen molar-refractivity contribution in [1.82, 2.24) is 4.57 Å². The number of hydrogen-bond acceptors (Lipinski definition) is 2. The maximum Gasteiger partial charge on any atom is 0.0641 e. The van der Waals surface area contributed by atoms with Crippen molar-refractivity contribution < 1.29 is 0 Å². The molecule has 0 fully saturated rings. The second-order valence-electron chi connectivity index (χ2n) is 4.49. The van der Waals surface area contributed by atoms with Gasteiger partial charge < -0.3 is 10.3 Å².